The van der Waals surface area contributed by atoms with Gasteiger partial charge in [0.1, 0.15) is 11.4 Å². The van der Waals surface area contributed by atoms with E-state index in [0.29, 0.717) is 30.6 Å². The van der Waals surface area contributed by atoms with Crippen molar-refractivity contribution < 1.29 is 18.3 Å². The van der Waals surface area contributed by atoms with Crippen LogP contribution < -0.4 is 4.74 Å². The number of aliphatic hydroxyl groups is 1. The molecule has 5 heteroatoms. The smallest absolute Gasteiger partial charge is 0.153 e. The van der Waals surface area contributed by atoms with E-state index >= 15 is 0 Å². The van der Waals surface area contributed by atoms with E-state index in [9.17, 15) is 13.5 Å². The largest absolute Gasteiger partial charge is 0.491 e. The second kappa shape index (κ2) is 5.37. The Hall–Kier alpha value is -1.07. The predicted octanol–water partition coefficient (Wildman–Crippen LogP) is 2.26. The molecule has 1 aromatic rings. The minimum Gasteiger partial charge on any atom is -0.491 e. The molecule has 112 valence electrons. The number of ether oxygens (including phenoxy) is 1. The topological polar surface area (TPSA) is 63.6 Å². The van der Waals surface area contributed by atoms with Gasteiger partial charge >= 0.3 is 0 Å². The molecular weight excluding hydrogens is 276 g/mol. The van der Waals surface area contributed by atoms with Crippen molar-refractivity contribution >= 4 is 9.84 Å². The lowest BCUT2D eigenvalue weighted by atomic mass is 9.92. The lowest BCUT2D eigenvalue weighted by Gasteiger charge is -2.29. The van der Waals surface area contributed by atoms with Gasteiger partial charge in [0, 0.05) is 6.26 Å². The Labute approximate surface area is 120 Å². The Morgan fingerprint density at radius 3 is 2.70 bits per heavy atom. The second-order valence-corrected chi connectivity index (χ2v) is 8.06. The van der Waals surface area contributed by atoms with Crippen molar-refractivity contribution in [2.45, 2.75) is 50.1 Å². The molecule has 1 saturated carbocycles. The van der Waals surface area contributed by atoms with Crippen molar-refractivity contribution in [3.05, 3.63) is 29.8 Å². The fraction of sp³-hybridized carbons (Fsp3) is 0.600. The Kier molecular flexibility index (Phi) is 4.12. The predicted molar refractivity (Wildman–Crippen MR) is 78.6 cm³/mol. The van der Waals surface area contributed by atoms with E-state index < -0.39 is 20.7 Å². The zero-order chi connectivity index (χ0) is 15.0. The van der Waals surface area contributed by atoms with Crippen LogP contribution in [0.1, 0.15) is 38.7 Å². The molecule has 0 saturated heterocycles. The van der Waals surface area contributed by atoms with E-state index in [2.05, 4.69) is 0 Å². The van der Waals surface area contributed by atoms with Crippen LogP contribution in [0.2, 0.25) is 0 Å². The zero-order valence-electron chi connectivity index (χ0n) is 12.2. The quantitative estimate of drug-likeness (QED) is 0.926. The van der Waals surface area contributed by atoms with Gasteiger partial charge < -0.3 is 9.84 Å². The van der Waals surface area contributed by atoms with Crippen LogP contribution in [0.3, 0.4) is 0 Å². The molecule has 1 fully saturated rings. The van der Waals surface area contributed by atoms with Crippen LogP contribution in [0, 0.1) is 0 Å². The van der Waals surface area contributed by atoms with E-state index in [4.69, 9.17) is 4.74 Å². The van der Waals surface area contributed by atoms with Crippen LogP contribution in [-0.4, -0.2) is 31.1 Å². The first-order valence-electron chi connectivity index (χ1n) is 6.92. The highest BCUT2D eigenvalue weighted by Crippen LogP contribution is 2.43. The summed E-state index contributed by atoms with van der Waals surface area (Å²) in [5, 5.41) is 10.1. The molecule has 4 nitrogen and oxygen atoms in total. The lowest BCUT2D eigenvalue weighted by molar-refractivity contribution is 0.0473. The number of hydrogen-bond acceptors (Lipinski definition) is 4. The van der Waals surface area contributed by atoms with Crippen LogP contribution in [0.5, 0.6) is 5.75 Å². The minimum atomic E-state index is -3.29. The third-order valence-corrected chi connectivity index (χ3v) is 5.44. The van der Waals surface area contributed by atoms with Gasteiger partial charge in [-0.05, 0) is 50.8 Å². The average Bonchev–Trinajstić information content (AvgIpc) is 2.72. The van der Waals surface area contributed by atoms with Gasteiger partial charge in [-0.15, -0.1) is 0 Å². The van der Waals surface area contributed by atoms with Crippen LogP contribution in [0.15, 0.2) is 24.3 Å². The minimum absolute atomic E-state index is 0.0363. The number of benzene rings is 1. The van der Waals surface area contributed by atoms with Gasteiger partial charge in [-0.1, -0.05) is 12.1 Å². The highest BCUT2D eigenvalue weighted by Gasteiger charge is 2.48. The molecule has 2 atom stereocenters. The van der Waals surface area contributed by atoms with E-state index in [1.165, 1.54) is 6.26 Å². The Morgan fingerprint density at radius 2 is 2.10 bits per heavy atom. The Balaban J connectivity index is 2.39. The second-order valence-electron chi connectivity index (χ2n) is 5.83. The van der Waals surface area contributed by atoms with Crippen LogP contribution in [0.4, 0.5) is 0 Å². The summed E-state index contributed by atoms with van der Waals surface area (Å²) in [4.78, 5) is 0. The normalized spacial score (nSPS) is 26.9. The van der Waals surface area contributed by atoms with E-state index in [-0.39, 0.29) is 6.10 Å². The molecule has 0 amide bonds. The summed E-state index contributed by atoms with van der Waals surface area (Å²) in [5.74, 6) is 0.657. The molecule has 0 aliphatic heterocycles. The monoisotopic (exact) mass is 298 g/mol. The van der Waals surface area contributed by atoms with Gasteiger partial charge in [0.25, 0.3) is 0 Å². The third-order valence-electron chi connectivity index (χ3n) is 3.78. The summed E-state index contributed by atoms with van der Waals surface area (Å²) in [6.45, 7) is 3.85. The van der Waals surface area contributed by atoms with E-state index in [1.807, 2.05) is 19.9 Å². The highest BCUT2D eigenvalue weighted by atomic mass is 32.2. The summed E-state index contributed by atoms with van der Waals surface area (Å²) in [6, 6.07) is 7.14. The summed E-state index contributed by atoms with van der Waals surface area (Å²) < 4.78 is 29.4. The van der Waals surface area contributed by atoms with Crippen LogP contribution >= 0.6 is 0 Å². The molecular formula is C15H22O4S. The number of sulfone groups is 1. The molecule has 1 aromatic carbocycles. The molecule has 2 unspecified atom stereocenters. The number of hydrogen-bond donors (Lipinski definition) is 1. The summed E-state index contributed by atoms with van der Waals surface area (Å²) in [7, 11) is -3.29. The fourth-order valence-corrected chi connectivity index (χ4v) is 4.52. The van der Waals surface area contributed by atoms with Gasteiger partial charge in [0.2, 0.25) is 0 Å². The molecule has 0 spiro atoms. The van der Waals surface area contributed by atoms with Crippen LogP contribution in [0.25, 0.3) is 0 Å². The Morgan fingerprint density at radius 1 is 1.40 bits per heavy atom. The SMILES string of the molecule is CC(C)Oc1cccc(C2(O)CCCC2S(C)(=O)=O)c1. The summed E-state index contributed by atoms with van der Waals surface area (Å²) >= 11 is 0. The molecule has 2 rings (SSSR count). The molecule has 0 heterocycles. The van der Waals surface area contributed by atoms with E-state index in [0.717, 1.165) is 0 Å². The summed E-state index contributed by atoms with van der Waals surface area (Å²) in [5.41, 5.74) is -0.673. The van der Waals surface area contributed by atoms with Crippen molar-refractivity contribution in [1.82, 2.24) is 0 Å². The number of rotatable bonds is 4. The maximum absolute atomic E-state index is 11.9. The maximum atomic E-state index is 11.9. The average molecular weight is 298 g/mol. The Bertz CT molecular complexity index is 579. The standard InChI is InChI=1S/C15H22O4S/c1-11(2)19-13-7-4-6-12(10-13)15(16)9-5-8-14(15)20(3,17)18/h4,6-7,10-11,14,16H,5,8-9H2,1-3H3. The molecule has 0 radical (unpaired) electrons. The first kappa shape index (κ1) is 15.3. The van der Waals surface area contributed by atoms with Crippen molar-refractivity contribution in [3.63, 3.8) is 0 Å². The van der Waals surface area contributed by atoms with Crippen molar-refractivity contribution in [3.8, 4) is 5.75 Å². The van der Waals surface area contributed by atoms with Crippen LogP contribution in [-0.2, 0) is 15.4 Å². The molecule has 1 aliphatic carbocycles. The maximum Gasteiger partial charge on any atom is 0.153 e. The van der Waals surface area contributed by atoms with Crippen molar-refractivity contribution in [2.75, 3.05) is 6.26 Å². The highest BCUT2D eigenvalue weighted by molar-refractivity contribution is 7.91. The van der Waals surface area contributed by atoms with Crippen molar-refractivity contribution in [2.24, 2.45) is 0 Å². The van der Waals surface area contributed by atoms with Crippen molar-refractivity contribution in [1.29, 1.82) is 0 Å². The van der Waals surface area contributed by atoms with E-state index in [1.54, 1.807) is 18.2 Å². The summed E-state index contributed by atoms with van der Waals surface area (Å²) in [6.07, 6.45) is 2.92. The first-order chi connectivity index (χ1) is 9.23. The molecule has 0 aromatic heterocycles. The van der Waals surface area contributed by atoms with Gasteiger partial charge in [0.05, 0.1) is 11.4 Å². The lowest BCUT2D eigenvalue weighted by Crippen LogP contribution is -2.39. The first-order valence-corrected chi connectivity index (χ1v) is 8.87. The fourth-order valence-electron chi connectivity index (χ4n) is 2.97. The van der Waals surface area contributed by atoms with Gasteiger partial charge in [-0.3, -0.25) is 0 Å². The van der Waals surface area contributed by atoms with Gasteiger partial charge in [-0.2, -0.15) is 0 Å². The van der Waals surface area contributed by atoms with Gasteiger partial charge in [-0.25, -0.2) is 8.42 Å². The molecule has 1 N–H and O–H groups in total. The molecule has 0 bridgehead atoms. The van der Waals surface area contributed by atoms with Gasteiger partial charge in [0.15, 0.2) is 9.84 Å². The third kappa shape index (κ3) is 2.99. The molecule has 1 aliphatic rings. The molecule has 20 heavy (non-hydrogen) atoms. The zero-order valence-corrected chi connectivity index (χ0v) is 13.0.